The zero-order valence-corrected chi connectivity index (χ0v) is 9.54. The van der Waals surface area contributed by atoms with E-state index in [2.05, 4.69) is 10.1 Å². The van der Waals surface area contributed by atoms with Gasteiger partial charge in [0.1, 0.15) is 6.10 Å². The first-order valence-corrected chi connectivity index (χ1v) is 5.47. The van der Waals surface area contributed by atoms with Gasteiger partial charge in [0.2, 0.25) is 0 Å². The maximum Gasteiger partial charge on any atom is 0.137 e. The van der Waals surface area contributed by atoms with Gasteiger partial charge in [0.05, 0.1) is 23.9 Å². The zero-order chi connectivity index (χ0) is 11.5. The van der Waals surface area contributed by atoms with Gasteiger partial charge in [-0.2, -0.15) is 5.10 Å². The molecule has 1 unspecified atom stereocenters. The molecule has 0 aliphatic heterocycles. The van der Waals surface area contributed by atoms with Gasteiger partial charge in [-0.05, 0) is 19.9 Å². The van der Waals surface area contributed by atoms with Gasteiger partial charge in [-0.3, -0.25) is 4.68 Å². The standard InChI is InChI=1S/C11H16N4O/c1-3-14-8-12-7-10(14)11(16)9-5-6-13-15(9)4-2/h5-8,11,16H,3-4H2,1-2H3. The first-order valence-electron chi connectivity index (χ1n) is 5.47. The molecular formula is C11H16N4O. The number of nitrogens with zero attached hydrogens (tertiary/aromatic N) is 4. The molecule has 86 valence electrons. The summed E-state index contributed by atoms with van der Waals surface area (Å²) in [7, 11) is 0. The average molecular weight is 220 g/mol. The maximum absolute atomic E-state index is 10.3. The molecule has 0 saturated heterocycles. The molecule has 5 nitrogen and oxygen atoms in total. The van der Waals surface area contributed by atoms with Gasteiger partial charge in [0.25, 0.3) is 0 Å². The van der Waals surface area contributed by atoms with Crippen LogP contribution in [0.25, 0.3) is 0 Å². The molecule has 0 radical (unpaired) electrons. The molecule has 0 bridgehead atoms. The van der Waals surface area contributed by atoms with Crippen molar-refractivity contribution in [3.05, 3.63) is 36.2 Å². The molecule has 0 aromatic carbocycles. The molecule has 0 aliphatic carbocycles. The Kier molecular flexibility index (Phi) is 3.05. The lowest BCUT2D eigenvalue weighted by Gasteiger charge is -2.13. The van der Waals surface area contributed by atoms with Crippen LogP contribution in [-0.2, 0) is 13.1 Å². The largest absolute Gasteiger partial charge is 0.380 e. The highest BCUT2D eigenvalue weighted by atomic mass is 16.3. The Morgan fingerprint density at radius 3 is 2.81 bits per heavy atom. The molecule has 5 heteroatoms. The van der Waals surface area contributed by atoms with Crippen molar-refractivity contribution in [3.63, 3.8) is 0 Å². The van der Waals surface area contributed by atoms with Gasteiger partial charge in [0, 0.05) is 19.3 Å². The number of hydrogen-bond donors (Lipinski definition) is 1. The van der Waals surface area contributed by atoms with Gasteiger partial charge in [-0.15, -0.1) is 0 Å². The smallest absolute Gasteiger partial charge is 0.137 e. The number of aliphatic hydroxyl groups excluding tert-OH is 1. The molecule has 16 heavy (non-hydrogen) atoms. The van der Waals surface area contributed by atoms with Crippen LogP contribution in [0.1, 0.15) is 31.3 Å². The number of hydrogen-bond acceptors (Lipinski definition) is 3. The lowest BCUT2D eigenvalue weighted by molar-refractivity contribution is 0.198. The van der Waals surface area contributed by atoms with Gasteiger partial charge in [-0.1, -0.05) is 0 Å². The van der Waals surface area contributed by atoms with E-state index in [1.165, 1.54) is 0 Å². The van der Waals surface area contributed by atoms with Crippen molar-refractivity contribution in [3.8, 4) is 0 Å². The Balaban J connectivity index is 2.35. The first kappa shape index (κ1) is 10.9. The van der Waals surface area contributed by atoms with E-state index >= 15 is 0 Å². The molecule has 1 atom stereocenters. The topological polar surface area (TPSA) is 55.9 Å². The van der Waals surface area contributed by atoms with E-state index in [4.69, 9.17) is 0 Å². The number of aliphatic hydroxyl groups is 1. The van der Waals surface area contributed by atoms with Crippen molar-refractivity contribution in [2.75, 3.05) is 0 Å². The minimum atomic E-state index is -0.662. The Bertz CT molecular complexity index is 418. The fourth-order valence-corrected chi connectivity index (χ4v) is 1.81. The molecular weight excluding hydrogens is 204 g/mol. The molecule has 0 fully saturated rings. The summed E-state index contributed by atoms with van der Waals surface area (Å²) in [6.45, 7) is 5.57. The fraction of sp³-hybridized carbons (Fsp3) is 0.455. The van der Waals surface area contributed by atoms with E-state index in [1.54, 1.807) is 23.4 Å². The minimum Gasteiger partial charge on any atom is -0.380 e. The predicted octanol–water partition coefficient (Wildman–Crippen LogP) is 1.20. The number of aryl methyl sites for hydroxylation is 2. The Hall–Kier alpha value is -1.62. The summed E-state index contributed by atoms with van der Waals surface area (Å²) >= 11 is 0. The van der Waals surface area contributed by atoms with Gasteiger partial charge >= 0.3 is 0 Å². The number of imidazole rings is 1. The second-order valence-electron chi connectivity index (χ2n) is 3.58. The Morgan fingerprint density at radius 1 is 1.31 bits per heavy atom. The molecule has 0 spiro atoms. The van der Waals surface area contributed by atoms with Crippen LogP contribution >= 0.6 is 0 Å². The lowest BCUT2D eigenvalue weighted by atomic mass is 10.2. The van der Waals surface area contributed by atoms with Crippen LogP contribution in [0.3, 0.4) is 0 Å². The molecule has 0 amide bonds. The fourth-order valence-electron chi connectivity index (χ4n) is 1.81. The third-order valence-electron chi connectivity index (χ3n) is 2.69. The minimum absolute atomic E-state index is 0.662. The second kappa shape index (κ2) is 4.49. The molecule has 2 rings (SSSR count). The Labute approximate surface area is 94.4 Å². The highest BCUT2D eigenvalue weighted by Gasteiger charge is 2.18. The second-order valence-corrected chi connectivity index (χ2v) is 3.58. The van der Waals surface area contributed by atoms with E-state index < -0.39 is 6.10 Å². The van der Waals surface area contributed by atoms with Gasteiger partial charge < -0.3 is 9.67 Å². The van der Waals surface area contributed by atoms with Crippen molar-refractivity contribution in [2.45, 2.75) is 33.0 Å². The van der Waals surface area contributed by atoms with Crippen molar-refractivity contribution >= 4 is 0 Å². The van der Waals surface area contributed by atoms with Crippen molar-refractivity contribution in [1.29, 1.82) is 0 Å². The van der Waals surface area contributed by atoms with Crippen LogP contribution in [0, 0.1) is 0 Å². The summed E-state index contributed by atoms with van der Waals surface area (Å²) in [4.78, 5) is 4.05. The third-order valence-corrected chi connectivity index (χ3v) is 2.69. The van der Waals surface area contributed by atoms with Crippen LogP contribution in [0.5, 0.6) is 0 Å². The summed E-state index contributed by atoms with van der Waals surface area (Å²) in [6.07, 6.45) is 4.46. The number of rotatable bonds is 4. The SMILES string of the molecule is CCn1cncc1C(O)c1ccnn1CC. The van der Waals surface area contributed by atoms with E-state index in [1.807, 2.05) is 24.5 Å². The summed E-state index contributed by atoms with van der Waals surface area (Å²) in [5.74, 6) is 0. The zero-order valence-electron chi connectivity index (χ0n) is 9.54. The quantitative estimate of drug-likeness (QED) is 0.842. The van der Waals surface area contributed by atoms with E-state index in [-0.39, 0.29) is 0 Å². The highest BCUT2D eigenvalue weighted by Crippen LogP contribution is 2.21. The molecule has 0 aliphatic rings. The summed E-state index contributed by atoms with van der Waals surface area (Å²) in [5.41, 5.74) is 1.61. The Morgan fingerprint density at radius 2 is 2.12 bits per heavy atom. The first-order chi connectivity index (χ1) is 7.77. The van der Waals surface area contributed by atoms with E-state index in [9.17, 15) is 5.11 Å². The van der Waals surface area contributed by atoms with Gasteiger partial charge in [0.15, 0.2) is 0 Å². The van der Waals surface area contributed by atoms with Crippen LogP contribution in [0.2, 0.25) is 0 Å². The molecule has 2 aromatic heterocycles. The number of aromatic nitrogens is 4. The van der Waals surface area contributed by atoms with Crippen LogP contribution in [-0.4, -0.2) is 24.4 Å². The molecule has 1 N–H and O–H groups in total. The van der Waals surface area contributed by atoms with E-state index in [0.717, 1.165) is 24.5 Å². The molecule has 0 saturated carbocycles. The van der Waals surface area contributed by atoms with Crippen LogP contribution in [0.15, 0.2) is 24.8 Å². The normalized spacial score (nSPS) is 12.9. The third kappa shape index (κ3) is 1.74. The monoisotopic (exact) mass is 220 g/mol. The average Bonchev–Trinajstić information content (AvgIpc) is 2.96. The van der Waals surface area contributed by atoms with Crippen molar-refractivity contribution in [2.24, 2.45) is 0 Å². The van der Waals surface area contributed by atoms with Crippen molar-refractivity contribution in [1.82, 2.24) is 19.3 Å². The van der Waals surface area contributed by atoms with Crippen LogP contribution < -0.4 is 0 Å². The molecule has 2 aromatic rings. The van der Waals surface area contributed by atoms with Crippen LogP contribution in [0.4, 0.5) is 0 Å². The maximum atomic E-state index is 10.3. The summed E-state index contributed by atoms with van der Waals surface area (Å²) in [6, 6.07) is 1.83. The summed E-state index contributed by atoms with van der Waals surface area (Å²) < 4.78 is 3.72. The van der Waals surface area contributed by atoms with Crippen molar-refractivity contribution < 1.29 is 5.11 Å². The summed E-state index contributed by atoms with van der Waals surface area (Å²) in [5, 5.41) is 14.4. The lowest BCUT2D eigenvalue weighted by Crippen LogP contribution is -2.12. The van der Waals surface area contributed by atoms with E-state index in [0.29, 0.717) is 0 Å². The molecule has 2 heterocycles. The highest BCUT2D eigenvalue weighted by molar-refractivity contribution is 5.17. The van der Waals surface area contributed by atoms with Gasteiger partial charge in [-0.25, -0.2) is 4.98 Å². The predicted molar refractivity (Wildman–Crippen MR) is 59.9 cm³/mol.